The third-order valence-corrected chi connectivity index (χ3v) is 9.80. The van der Waals surface area contributed by atoms with Gasteiger partial charge in [-0.25, -0.2) is 9.59 Å². The molecule has 0 saturated carbocycles. The molecule has 7 atom stereocenters. The molecule has 3 N–H and O–H groups in total. The fourth-order valence-corrected chi connectivity index (χ4v) is 6.50. The molecule has 4 rings (SSSR count). The largest absolute Gasteiger partial charge is 0.495 e. The predicted octanol–water partition coefficient (Wildman–Crippen LogP) is 5.30. The molecule has 2 aliphatic rings. The molecular formula is C43H56ClN3O12. The fourth-order valence-electron chi connectivity index (χ4n) is 6.22. The van der Waals surface area contributed by atoms with Crippen molar-refractivity contribution in [3.63, 3.8) is 0 Å². The summed E-state index contributed by atoms with van der Waals surface area (Å²) in [5, 5.41) is 8.17. The van der Waals surface area contributed by atoms with Crippen molar-refractivity contribution in [1.82, 2.24) is 16.0 Å². The van der Waals surface area contributed by atoms with Gasteiger partial charge >= 0.3 is 24.0 Å². The van der Waals surface area contributed by atoms with Gasteiger partial charge in [-0.05, 0) is 68.0 Å². The minimum Gasteiger partial charge on any atom is -0.495 e. The minimum atomic E-state index is -1.20. The normalized spacial score (nSPS) is 24.1. The van der Waals surface area contributed by atoms with Crippen LogP contribution in [-0.4, -0.2) is 86.0 Å². The molecule has 2 aliphatic heterocycles. The zero-order chi connectivity index (χ0) is 43.4. The van der Waals surface area contributed by atoms with Crippen LogP contribution in [0, 0.1) is 17.8 Å². The highest BCUT2D eigenvalue weighted by molar-refractivity contribution is 6.32. The Hall–Kier alpha value is -5.15. The highest BCUT2D eigenvalue weighted by Gasteiger charge is 2.48. The van der Waals surface area contributed by atoms with Crippen LogP contribution in [0.2, 0.25) is 5.02 Å². The molecule has 0 aromatic heterocycles. The molecule has 322 valence electrons. The number of epoxide rings is 1. The van der Waals surface area contributed by atoms with E-state index in [1.807, 2.05) is 32.9 Å². The van der Waals surface area contributed by atoms with Crippen LogP contribution in [0.5, 0.6) is 5.75 Å². The number of cyclic esters (lactones) is 2. The second-order valence-electron chi connectivity index (χ2n) is 16.2. The molecule has 59 heavy (non-hydrogen) atoms. The summed E-state index contributed by atoms with van der Waals surface area (Å²) in [5.41, 5.74) is 1.53. The fraction of sp³-hybridized carbons (Fsp3) is 0.535. The van der Waals surface area contributed by atoms with Crippen LogP contribution < -0.4 is 20.7 Å². The first-order valence-corrected chi connectivity index (χ1v) is 20.1. The summed E-state index contributed by atoms with van der Waals surface area (Å²) < 4.78 is 33.5. The Labute approximate surface area is 350 Å². The Morgan fingerprint density at radius 2 is 1.68 bits per heavy atom. The molecule has 0 unspecified atom stereocenters. The van der Waals surface area contributed by atoms with Crippen LogP contribution in [0.25, 0.3) is 0 Å². The second-order valence-corrected chi connectivity index (χ2v) is 16.6. The van der Waals surface area contributed by atoms with Crippen molar-refractivity contribution in [2.45, 2.75) is 110 Å². The van der Waals surface area contributed by atoms with E-state index in [4.69, 9.17) is 40.0 Å². The molecule has 0 spiro atoms. The Morgan fingerprint density at radius 1 is 0.983 bits per heavy atom. The number of methoxy groups -OCH3 is 1. The molecule has 2 heterocycles. The van der Waals surface area contributed by atoms with Crippen LogP contribution in [0.3, 0.4) is 0 Å². The first kappa shape index (κ1) is 46.5. The van der Waals surface area contributed by atoms with Gasteiger partial charge in [0.05, 0.1) is 24.2 Å². The number of hydrogen-bond acceptors (Lipinski definition) is 12. The number of ether oxygens (including phenoxy) is 6. The Kier molecular flexibility index (Phi) is 16.7. The number of alkyl carbamates (subject to hydrolysis) is 1. The van der Waals surface area contributed by atoms with Gasteiger partial charge in [0.2, 0.25) is 11.8 Å². The highest BCUT2D eigenvalue weighted by atomic mass is 35.5. The summed E-state index contributed by atoms with van der Waals surface area (Å²) in [5.74, 6) is -3.87. The van der Waals surface area contributed by atoms with Crippen molar-refractivity contribution in [3.05, 3.63) is 76.3 Å². The molecule has 3 amide bonds. The molecule has 0 bridgehead atoms. The van der Waals surface area contributed by atoms with E-state index in [0.717, 1.165) is 5.56 Å². The molecule has 2 aromatic rings. The van der Waals surface area contributed by atoms with Crippen LogP contribution in [0.1, 0.15) is 84.1 Å². The third kappa shape index (κ3) is 14.9. The highest BCUT2D eigenvalue weighted by Crippen LogP contribution is 2.45. The number of carbonyl (C=O) groups is 6. The van der Waals surface area contributed by atoms with Crippen molar-refractivity contribution >= 4 is 47.4 Å². The predicted molar refractivity (Wildman–Crippen MR) is 216 cm³/mol. The lowest BCUT2D eigenvalue weighted by atomic mass is 9.93. The summed E-state index contributed by atoms with van der Waals surface area (Å²) in [7, 11) is 1.49. The van der Waals surface area contributed by atoms with Gasteiger partial charge in [0.1, 0.15) is 42.8 Å². The number of esters is 3. The number of nitrogens with one attached hydrogen (secondary N) is 3. The third-order valence-electron chi connectivity index (χ3n) is 9.50. The molecule has 15 nitrogen and oxygen atoms in total. The van der Waals surface area contributed by atoms with Crippen LogP contribution in [0.4, 0.5) is 4.79 Å². The smallest absolute Gasteiger partial charge is 0.408 e. The Morgan fingerprint density at radius 3 is 2.32 bits per heavy atom. The van der Waals surface area contributed by atoms with E-state index < -0.39 is 65.6 Å². The van der Waals surface area contributed by atoms with Crippen molar-refractivity contribution in [2.24, 2.45) is 17.8 Å². The molecule has 1 saturated heterocycles. The average molecular weight is 842 g/mol. The molecule has 1 fully saturated rings. The van der Waals surface area contributed by atoms with E-state index >= 15 is 0 Å². The van der Waals surface area contributed by atoms with Crippen molar-refractivity contribution in [2.75, 3.05) is 20.2 Å². The van der Waals surface area contributed by atoms with Gasteiger partial charge in [0.25, 0.3) is 0 Å². The standard InChI is InChI=1S/C43H56ClN3O12/c1-24(2)18-34-41(52)56-32(26(4)37-38(58-37)29-15-12-27(13-16-29)23-55-36(49)22-46-42(53)59-43(5,6)7)10-9-11-35(48)47-31(39(50)45-21-25(3)40(51)57-34)20-28-14-17-33(54-8)30(44)19-28/h9,11-17,19,24-26,31-32,34,37-38H,10,18,20-23H2,1-8H3,(H,45,50)(H,46,53)(H,47,48)/b11-9+/t25-,26+,31-,32+,34+,37-,38+/m1/s1. The summed E-state index contributed by atoms with van der Waals surface area (Å²) in [6, 6.07) is 11.3. The first-order chi connectivity index (χ1) is 27.8. The Balaban J connectivity index is 1.46. The summed E-state index contributed by atoms with van der Waals surface area (Å²) in [6.45, 7) is 11.9. The Bertz CT molecular complexity index is 1840. The van der Waals surface area contributed by atoms with Gasteiger partial charge in [0.15, 0.2) is 6.10 Å². The van der Waals surface area contributed by atoms with Gasteiger partial charge < -0.3 is 44.4 Å². The van der Waals surface area contributed by atoms with E-state index in [1.54, 1.807) is 64.1 Å². The van der Waals surface area contributed by atoms with E-state index in [-0.39, 0.29) is 63.0 Å². The van der Waals surface area contributed by atoms with Crippen molar-refractivity contribution in [3.8, 4) is 5.75 Å². The van der Waals surface area contributed by atoms with Crippen LogP contribution >= 0.6 is 11.6 Å². The topological polar surface area (TPSA) is 197 Å². The molecule has 16 heteroatoms. The van der Waals surface area contributed by atoms with Crippen molar-refractivity contribution in [1.29, 1.82) is 0 Å². The maximum Gasteiger partial charge on any atom is 0.408 e. The monoisotopic (exact) mass is 841 g/mol. The first-order valence-electron chi connectivity index (χ1n) is 19.7. The molecule has 0 radical (unpaired) electrons. The van der Waals surface area contributed by atoms with Gasteiger partial charge in [-0.1, -0.05) is 75.7 Å². The lowest BCUT2D eigenvalue weighted by Gasteiger charge is -2.27. The zero-order valence-electron chi connectivity index (χ0n) is 34.8. The number of rotatable bonds is 12. The lowest BCUT2D eigenvalue weighted by Crippen LogP contribution is -2.49. The second kappa shape index (κ2) is 21.2. The van der Waals surface area contributed by atoms with E-state index in [2.05, 4.69) is 16.0 Å². The minimum absolute atomic E-state index is 0.0133. The molecule has 0 aliphatic carbocycles. The summed E-state index contributed by atoms with van der Waals surface area (Å²) in [6.07, 6.45) is -0.119. The van der Waals surface area contributed by atoms with Crippen molar-refractivity contribution < 1.29 is 57.2 Å². The maximum atomic E-state index is 13.7. The molecule has 2 aromatic carbocycles. The van der Waals surface area contributed by atoms with Gasteiger partial charge in [0, 0.05) is 25.3 Å². The van der Waals surface area contributed by atoms with Gasteiger partial charge in [-0.15, -0.1) is 0 Å². The number of halogens is 1. The van der Waals surface area contributed by atoms with Gasteiger partial charge in [-0.2, -0.15) is 0 Å². The average Bonchev–Trinajstić information content (AvgIpc) is 3.97. The summed E-state index contributed by atoms with van der Waals surface area (Å²) >= 11 is 6.33. The number of hydrogen-bond donors (Lipinski definition) is 3. The van der Waals surface area contributed by atoms with Gasteiger partial charge in [-0.3, -0.25) is 19.2 Å². The SMILES string of the molecule is COc1ccc(C[C@H]2NC(=O)/C=C/C[C@@H]([C@H](C)[C@H]3O[C@H]3c3ccc(COC(=O)CNC(=O)OC(C)(C)C)cc3)OC(=O)[C@H](CC(C)C)OC(=O)[C@H](C)CNC2=O)cc1Cl. The number of amides is 3. The van der Waals surface area contributed by atoms with Crippen LogP contribution in [-0.2, 0) is 60.7 Å². The van der Waals surface area contributed by atoms with E-state index in [1.165, 1.54) is 13.2 Å². The summed E-state index contributed by atoms with van der Waals surface area (Å²) in [4.78, 5) is 77.6. The quantitative estimate of drug-likeness (QED) is 0.142. The number of benzene rings is 2. The lowest BCUT2D eigenvalue weighted by molar-refractivity contribution is -0.176. The van der Waals surface area contributed by atoms with Crippen LogP contribution in [0.15, 0.2) is 54.6 Å². The number of carbonyl (C=O) groups excluding carboxylic acids is 6. The van der Waals surface area contributed by atoms with E-state index in [9.17, 15) is 28.8 Å². The maximum absolute atomic E-state index is 13.7. The molecular weight excluding hydrogens is 786 g/mol. The zero-order valence-corrected chi connectivity index (χ0v) is 35.6. The van der Waals surface area contributed by atoms with E-state index in [0.29, 0.717) is 21.9 Å².